The molecule has 2 aliphatic rings. The molecular formula is C16H16ClFN4O2. The standard InChI is InChI=1S/C16H16ClFN4O2/c17-13-6-11(18)2-1-10(13)5-16(23)21-4-3-15-14(8-21)22-12(9-24-15)7-19-20-22/h1-2,6-7,14-15H,3-5,8-9H2/t14-,15-/m1/s1. The molecule has 0 aliphatic carbocycles. The van der Waals surface area contributed by atoms with E-state index < -0.39 is 5.82 Å². The normalized spacial score (nSPS) is 22.8. The maximum atomic E-state index is 13.1. The molecule has 4 rings (SSSR count). The molecule has 1 fully saturated rings. The van der Waals surface area contributed by atoms with Gasteiger partial charge in [0.05, 0.1) is 37.1 Å². The summed E-state index contributed by atoms with van der Waals surface area (Å²) in [5, 5.41) is 8.33. The van der Waals surface area contributed by atoms with Crippen molar-refractivity contribution in [2.24, 2.45) is 0 Å². The highest BCUT2D eigenvalue weighted by Gasteiger charge is 2.37. The van der Waals surface area contributed by atoms with Crippen LogP contribution in [0.5, 0.6) is 0 Å². The van der Waals surface area contributed by atoms with Gasteiger partial charge in [-0.2, -0.15) is 0 Å². The number of aromatic nitrogens is 3. The van der Waals surface area contributed by atoms with E-state index in [0.717, 1.165) is 12.1 Å². The zero-order valence-electron chi connectivity index (χ0n) is 12.9. The third kappa shape index (κ3) is 2.78. The lowest BCUT2D eigenvalue weighted by Gasteiger charge is -2.41. The van der Waals surface area contributed by atoms with E-state index in [0.29, 0.717) is 25.3 Å². The van der Waals surface area contributed by atoms with E-state index in [1.807, 2.05) is 4.68 Å². The molecule has 2 atom stereocenters. The first-order valence-electron chi connectivity index (χ1n) is 7.84. The highest BCUT2D eigenvalue weighted by Crippen LogP contribution is 2.30. The van der Waals surface area contributed by atoms with Gasteiger partial charge in [-0.15, -0.1) is 5.10 Å². The molecule has 0 radical (unpaired) electrons. The Hall–Kier alpha value is -1.99. The number of fused-ring (bicyclic) bond motifs is 3. The average molecular weight is 351 g/mol. The van der Waals surface area contributed by atoms with Crippen LogP contribution in [0.2, 0.25) is 5.02 Å². The number of hydrogen-bond acceptors (Lipinski definition) is 4. The van der Waals surface area contributed by atoms with E-state index in [1.54, 1.807) is 17.2 Å². The molecule has 2 aromatic rings. The Labute approximate surface area is 143 Å². The van der Waals surface area contributed by atoms with E-state index in [2.05, 4.69) is 10.3 Å². The monoisotopic (exact) mass is 350 g/mol. The zero-order chi connectivity index (χ0) is 16.7. The lowest BCUT2D eigenvalue weighted by Crippen LogP contribution is -2.50. The van der Waals surface area contributed by atoms with E-state index in [9.17, 15) is 9.18 Å². The lowest BCUT2D eigenvalue weighted by molar-refractivity contribution is -0.137. The van der Waals surface area contributed by atoms with Gasteiger partial charge < -0.3 is 9.64 Å². The Bertz CT molecular complexity index is 781. The number of ether oxygens (including phenoxy) is 1. The largest absolute Gasteiger partial charge is 0.370 e. The number of piperidine rings is 1. The van der Waals surface area contributed by atoms with E-state index >= 15 is 0 Å². The maximum Gasteiger partial charge on any atom is 0.227 e. The molecule has 0 bridgehead atoms. The minimum absolute atomic E-state index is 0.0161. The van der Waals surface area contributed by atoms with Crippen molar-refractivity contribution in [3.8, 4) is 0 Å². The number of carbonyl (C=O) groups is 1. The second kappa shape index (κ2) is 6.14. The smallest absolute Gasteiger partial charge is 0.227 e. The summed E-state index contributed by atoms with van der Waals surface area (Å²) in [4.78, 5) is 14.4. The fourth-order valence-corrected chi connectivity index (χ4v) is 3.58. The van der Waals surface area contributed by atoms with Crippen LogP contribution >= 0.6 is 11.6 Å². The van der Waals surface area contributed by atoms with Crippen molar-refractivity contribution in [3.63, 3.8) is 0 Å². The summed E-state index contributed by atoms with van der Waals surface area (Å²) in [6, 6.07) is 4.09. The Morgan fingerprint density at radius 1 is 1.46 bits per heavy atom. The van der Waals surface area contributed by atoms with Crippen LogP contribution in [0, 0.1) is 5.82 Å². The van der Waals surface area contributed by atoms with Crippen molar-refractivity contribution >= 4 is 17.5 Å². The number of nitrogens with zero attached hydrogens (tertiary/aromatic N) is 4. The van der Waals surface area contributed by atoms with Crippen LogP contribution in [-0.2, 0) is 22.6 Å². The lowest BCUT2D eigenvalue weighted by atomic mass is 9.99. The SMILES string of the molecule is O=C(Cc1ccc(F)cc1Cl)N1CC[C@H]2OCc3cnnn3[C@@H]2C1. The van der Waals surface area contributed by atoms with Crippen molar-refractivity contribution in [2.45, 2.75) is 31.6 Å². The molecule has 1 aromatic heterocycles. The van der Waals surface area contributed by atoms with Gasteiger partial charge in [-0.3, -0.25) is 4.79 Å². The predicted molar refractivity (Wildman–Crippen MR) is 83.9 cm³/mol. The van der Waals surface area contributed by atoms with Gasteiger partial charge in [0, 0.05) is 18.1 Å². The number of halogens is 2. The van der Waals surface area contributed by atoms with Crippen LogP contribution in [-0.4, -0.2) is 45.0 Å². The van der Waals surface area contributed by atoms with Gasteiger partial charge in [0.15, 0.2) is 0 Å². The molecule has 1 saturated heterocycles. The Morgan fingerprint density at radius 2 is 2.33 bits per heavy atom. The van der Waals surface area contributed by atoms with Crippen molar-refractivity contribution in [1.82, 2.24) is 19.9 Å². The molecule has 6 nitrogen and oxygen atoms in total. The summed E-state index contributed by atoms with van der Waals surface area (Å²) < 4.78 is 20.8. The quantitative estimate of drug-likeness (QED) is 0.831. The average Bonchev–Trinajstić information content (AvgIpc) is 3.06. The summed E-state index contributed by atoms with van der Waals surface area (Å²) in [7, 11) is 0. The number of carbonyl (C=O) groups excluding carboxylic acids is 1. The second-order valence-corrected chi connectivity index (χ2v) is 6.53. The Kier molecular flexibility index (Phi) is 3.97. The number of amides is 1. The minimum Gasteiger partial charge on any atom is -0.370 e. The van der Waals surface area contributed by atoms with Gasteiger partial charge in [0.1, 0.15) is 5.82 Å². The molecule has 1 aromatic carbocycles. The second-order valence-electron chi connectivity index (χ2n) is 6.13. The molecule has 24 heavy (non-hydrogen) atoms. The Balaban J connectivity index is 1.49. The minimum atomic E-state index is -0.407. The molecule has 8 heteroatoms. The third-order valence-corrected chi connectivity index (χ3v) is 4.99. The van der Waals surface area contributed by atoms with Crippen molar-refractivity contribution in [3.05, 3.63) is 46.5 Å². The molecule has 0 spiro atoms. The van der Waals surface area contributed by atoms with Gasteiger partial charge in [-0.05, 0) is 24.1 Å². The zero-order valence-corrected chi connectivity index (χ0v) is 13.6. The van der Waals surface area contributed by atoms with Crippen molar-refractivity contribution < 1.29 is 13.9 Å². The first-order valence-corrected chi connectivity index (χ1v) is 8.22. The topological polar surface area (TPSA) is 60.3 Å². The molecule has 0 unspecified atom stereocenters. The fourth-order valence-electron chi connectivity index (χ4n) is 3.35. The van der Waals surface area contributed by atoms with Gasteiger partial charge in [0.25, 0.3) is 0 Å². The van der Waals surface area contributed by atoms with Crippen LogP contribution in [0.15, 0.2) is 24.4 Å². The highest BCUT2D eigenvalue weighted by atomic mass is 35.5. The highest BCUT2D eigenvalue weighted by molar-refractivity contribution is 6.31. The molecule has 3 heterocycles. The number of rotatable bonds is 2. The molecule has 1 amide bonds. The number of likely N-dealkylation sites (tertiary alicyclic amines) is 1. The van der Waals surface area contributed by atoms with E-state index in [-0.39, 0.29) is 29.5 Å². The third-order valence-electron chi connectivity index (χ3n) is 4.64. The summed E-state index contributed by atoms with van der Waals surface area (Å²) in [6.45, 7) is 1.66. The van der Waals surface area contributed by atoms with Crippen molar-refractivity contribution in [1.29, 1.82) is 0 Å². The van der Waals surface area contributed by atoms with Crippen molar-refractivity contribution in [2.75, 3.05) is 13.1 Å². The molecule has 0 N–H and O–H groups in total. The number of benzene rings is 1. The molecule has 126 valence electrons. The van der Waals surface area contributed by atoms with Gasteiger partial charge >= 0.3 is 0 Å². The summed E-state index contributed by atoms with van der Waals surface area (Å²) in [6.07, 6.45) is 2.65. The van der Waals surface area contributed by atoms with Crippen LogP contribution in [0.4, 0.5) is 4.39 Å². The summed E-state index contributed by atoms with van der Waals surface area (Å²) in [5.41, 5.74) is 1.55. The maximum absolute atomic E-state index is 13.1. The van der Waals surface area contributed by atoms with Crippen LogP contribution in [0.1, 0.15) is 23.7 Å². The van der Waals surface area contributed by atoms with Crippen LogP contribution < -0.4 is 0 Å². The summed E-state index contributed by atoms with van der Waals surface area (Å²) >= 11 is 6.02. The molecule has 2 aliphatic heterocycles. The Morgan fingerprint density at radius 3 is 3.17 bits per heavy atom. The first-order chi connectivity index (χ1) is 11.6. The fraction of sp³-hybridized carbons (Fsp3) is 0.438. The van der Waals surface area contributed by atoms with E-state index in [4.69, 9.17) is 16.3 Å². The van der Waals surface area contributed by atoms with Gasteiger partial charge in [-0.25, -0.2) is 9.07 Å². The van der Waals surface area contributed by atoms with Gasteiger partial charge in [-0.1, -0.05) is 22.9 Å². The first kappa shape index (κ1) is 15.5. The number of hydrogen-bond donors (Lipinski definition) is 0. The van der Waals surface area contributed by atoms with E-state index in [1.165, 1.54) is 12.1 Å². The van der Waals surface area contributed by atoms with Gasteiger partial charge in [0.2, 0.25) is 5.91 Å². The summed E-state index contributed by atoms with van der Waals surface area (Å²) in [5.74, 6) is -0.440. The van der Waals surface area contributed by atoms with Crippen LogP contribution in [0.3, 0.4) is 0 Å². The van der Waals surface area contributed by atoms with Crippen LogP contribution in [0.25, 0.3) is 0 Å². The molecule has 0 saturated carbocycles. The predicted octanol–water partition coefficient (Wildman–Crippen LogP) is 1.99. The molecular weight excluding hydrogens is 335 g/mol.